The standard InChI is InChI=1S/C35H30F3N5O2S/c1-22-20-27(23(2)42(22)30-14-7-6-12-28(30)35(36,37)38)33-32(29-13-8-9-19-39-29)41-34(46)43(33)25-17-15-24(16-18-25)40-31(44)21-45-26-10-4-3-5-11-26/h3-20,32-33H,21H2,1-2H3,(H,40,44)(H,41,46)/t32-,33+/m0/s1. The van der Waals surface area contributed by atoms with Gasteiger partial charge >= 0.3 is 6.18 Å². The highest BCUT2D eigenvalue weighted by Gasteiger charge is 2.43. The van der Waals surface area contributed by atoms with Crippen molar-refractivity contribution < 1.29 is 22.7 Å². The van der Waals surface area contributed by atoms with Crippen molar-refractivity contribution in [3.63, 3.8) is 0 Å². The summed E-state index contributed by atoms with van der Waals surface area (Å²) < 4.78 is 49.4. The number of carbonyl (C=O) groups is 1. The van der Waals surface area contributed by atoms with E-state index in [9.17, 15) is 18.0 Å². The summed E-state index contributed by atoms with van der Waals surface area (Å²) in [5.74, 6) is 0.285. The predicted molar refractivity (Wildman–Crippen MR) is 175 cm³/mol. The zero-order chi connectivity index (χ0) is 32.4. The molecule has 2 atom stereocenters. The van der Waals surface area contributed by atoms with Gasteiger partial charge in [-0.25, -0.2) is 0 Å². The van der Waals surface area contributed by atoms with E-state index >= 15 is 0 Å². The molecule has 0 aliphatic carbocycles. The Kier molecular flexibility index (Phi) is 8.50. The van der Waals surface area contributed by atoms with Gasteiger partial charge in [-0.05, 0) is 98.4 Å². The van der Waals surface area contributed by atoms with E-state index in [0.717, 1.165) is 23.0 Å². The zero-order valence-electron chi connectivity index (χ0n) is 25.0. The minimum absolute atomic E-state index is 0.0575. The average Bonchev–Trinajstić information content (AvgIpc) is 3.55. The van der Waals surface area contributed by atoms with Crippen molar-refractivity contribution in [2.75, 3.05) is 16.8 Å². The largest absolute Gasteiger partial charge is 0.484 e. The minimum Gasteiger partial charge on any atom is -0.484 e. The molecule has 2 aromatic heterocycles. The fourth-order valence-electron chi connectivity index (χ4n) is 5.88. The number of carbonyl (C=O) groups excluding carboxylic acids is 1. The number of benzene rings is 3. The van der Waals surface area contributed by atoms with Crippen LogP contribution < -0.4 is 20.3 Å². The fourth-order valence-corrected chi connectivity index (χ4v) is 6.23. The summed E-state index contributed by atoms with van der Waals surface area (Å²) in [6.07, 6.45) is -2.83. The minimum atomic E-state index is -4.52. The molecule has 0 spiro atoms. The molecule has 1 amide bonds. The maximum Gasteiger partial charge on any atom is 0.418 e. The van der Waals surface area contributed by atoms with Crippen LogP contribution in [0.15, 0.2) is 109 Å². The number of rotatable bonds is 8. The predicted octanol–water partition coefficient (Wildman–Crippen LogP) is 7.70. The Morgan fingerprint density at radius 1 is 0.957 bits per heavy atom. The third kappa shape index (κ3) is 6.18. The number of amides is 1. The Balaban J connectivity index is 1.34. The summed E-state index contributed by atoms with van der Waals surface area (Å²) in [7, 11) is 0. The first-order valence-electron chi connectivity index (χ1n) is 14.6. The first-order valence-corrected chi connectivity index (χ1v) is 15.0. The Bertz CT molecular complexity index is 1860. The van der Waals surface area contributed by atoms with Crippen LogP contribution in [-0.2, 0) is 11.0 Å². The summed E-state index contributed by atoms with van der Waals surface area (Å²) in [5.41, 5.74) is 3.49. The van der Waals surface area contributed by atoms with Gasteiger partial charge in [0.15, 0.2) is 11.7 Å². The van der Waals surface area contributed by atoms with Crippen LogP contribution in [0.4, 0.5) is 24.5 Å². The molecule has 0 radical (unpaired) electrons. The molecule has 11 heteroatoms. The van der Waals surface area contributed by atoms with Gasteiger partial charge in [-0.15, -0.1) is 0 Å². The van der Waals surface area contributed by atoms with Crippen LogP contribution >= 0.6 is 12.2 Å². The number of hydrogen-bond donors (Lipinski definition) is 2. The van der Waals surface area contributed by atoms with Crippen LogP contribution in [0.1, 0.15) is 40.3 Å². The normalized spacial score (nSPS) is 16.3. The van der Waals surface area contributed by atoms with Gasteiger partial charge in [-0.2, -0.15) is 13.2 Å². The number of thiocarbonyl (C=S) groups is 1. The summed E-state index contributed by atoms with van der Waals surface area (Å²) in [6, 6.07) is 28.5. The van der Waals surface area contributed by atoms with E-state index in [-0.39, 0.29) is 18.2 Å². The van der Waals surface area contributed by atoms with Crippen molar-refractivity contribution in [1.82, 2.24) is 14.9 Å². The molecular formula is C35H30F3N5O2S. The van der Waals surface area contributed by atoms with Crippen LogP contribution in [0, 0.1) is 13.8 Å². The lowest BCUT2D eigenvalue weighted by molar-refractivity contribution is -0.137. The van der Waals surface area contributed by atoms with E-state index in [1.54, 1.807) is 48.0 Å². The molecule has 6 rings (SSSR count). The molecule has 234 valence electrons. The number of halogens is 3. The van der Waals surface area contributed by atoms with Gasteiger partial charge in [0, 0.05) is 29.0 Å². The quantitative estimate of drug-likeness (QED) is 0.169. The van der Waals surface area contributed by atoms with Crippen LogP contribution in [0.25, 0.3) is 5.69 Å². The number of alkyl halides is 3. The number of ether oxygens (including phenoxy) is 1. The molecule has 0 saturated carbocycles. The lowest BCUT2D eigenvalue weighted by atomic mass is 9.96. The van der Waals surface area contributed by atoms with Crippen molar-refractivity contribution in [3.8, 4) is 11.4 Å². The van der Waals surface area contributed by atoms with Crippen molar-refractivity contribution in [2.45, 2.75) is 32.1 Å². The second-order valence-electron chi connectivity index (χ2n) is 10.9. The van der Waals surface area contributed by atoms with Gasteiger partial charge < -0.3 is 24.8 Å². The highest BCUT2D eigenvalue weighted by Crippen LogP contribution is 2.44. The van der Waals surface area contributed by atoms with Gasteiger partial charge in [-0.3, -0.25) is 9.78 Å². The number of para-hydroxylation sites is 2. The van der Waals surface area contributed by atoms with Crippen LogP contribution in [0.2, 0.25) is 0 Å². The summed E-state index contributed by atoms with van der Waals surface area (Å²) in [5, 5.41) is 6.67. The molecule has 1 saturated heterocycles. The van der Waals surface area contributed by atoms with Crippen LogP contribution in [0.5, 0.6) is 5.75 Å². The summed E-state index contributed by atoms with van der Waals surface area (Å²) in [4.78, 5) is 19.1. The molecule has 7 nitrogen and oxygen atoms in total. The molecule has 1 aliphatic heterocycles. The smallest absolute Gasteiger partial charge is 0.418 e. The van der Waals surface area contributed by atoms with Gasteiger partial charge in [0.1, 0.15) is 5.75 Å². The Morgan fingerprint density at radius 3 is 2.35 bits per heavy atom. The third-order valence-corrected chi connectivity index (χ3v) is 8.19. The number of pyridine rings is 1. The van der Waals surface area contributed by atoms with E-state index in [0.29, 0.717) is 27.9 Å². The highest BCUT2D eigenvalue weighted by atomic mass is 32.1. The molecule has 1 aliphatic rings. The molecular weight excluding hydrogens is 611 g/mol. The number of anilines is 2. The SMILES string of the molecule is Cc1cc([C@@H]2[C@H](c3ccccn3)NC(=S)N2c2ccc(NC(=O)COc3ccccc3)cc2)c(C)n1-c1ccccc1C(F)(F)F. The van der Waals surface area contributed by atoms with Crippen LogP contribution in [0.3, 0.4) is 0 Å². The number of aromatic nitrogens is 2. The Labute approximate surface area is 269 Å². The lowest BCUT2D eigenvalue weighted by Crippen LogP contribution is -2.29. The van der Waals surface area contributed by atoms with Crippen molar-refractivity contribution in [2.24, 2.45) is 0 Å². The van der Waals surface area contributed by atoms with E-state index < -0.39 is 23.8 Å². The van der Waals surface area contributed by atoms with E-state index in [4.69, 9.17) is 17.0 Å². The van der Waals surface area contributed by atoms with E-state index in [1.807, 2.05) is 66.4 Å². The second-order valence-corrected chi connectivity index (χ2v) is 11.3. The number of hydrogen-bond acceptors (Lipinski definition) is 4. The maximum absolute atomic E-state index is 14.1. The van der Waals surface area contributed by atoms with Crippen molar-refractivity contribution >= 4 is 34.6 Å². The molecule has 5 aromatic rings. The third-order valence-electron chi connectivity index (χ3n) is 7.88. The zero-order valence-corrected chi connectivity index (χ0v) is 25.8. The number of nitrogens with zero attached hydrogens (tertiary/aromatic N) is 3. The highest BCUT2D eigenvalue weighted by molar-refractivity contribution is 7.80. The van der Waals surface area contributed by atoms with E-state index in [1.165, 1.54) is 12.1 Å². The Morgan fingerprint density at radius 2 is 1.65 bits per heavy atom. The monoisotopic (exact) mass is 641 g/mol. The molecule has 1 fully saturated rings. The van der Waals surface area contributed by atoms with Crippen molar-refractivity contribution in [1.29, 1.82) is 0 Å². The number of aryl methyl sites for hydroxylation is 1. The molecule has 0 unspecified atom stereocenters. The van der Waals surface area contributed by atoms with Crippen molar-refractivity contribution in [3.05, 3.63) is 138 Å². The Hall–Kier alpha value is -5.16. The summed E-state index contributed by atoms with van der Waals surface area (Å²) in [6.45, 7) is 3.47. The van der Waals surface area contributed by atoms with Gasteiger partial charge in [0.2, 0.25) is 0 Å². The first kappa shape index (κ1) is 30.8. The molecule has 2 N–H and O–H groups in total. The molecule has 3 heterocycles. The summed E-state index contributed by atoms with van der Waals surface area (Å²) >= 11 is 5.85. The van der Waals surface area contributed by atoms with E-state index in [2.05, 4.69) is 15.6 Å². The molecule has 46 heavy (non-hydrogen) atoms. The van der Waals surface area contributed by atoms with Gasteiger partial charge in [-0.1, -0.05) is 36.4 Å². The maximum atomic E-state index is 14.1. The molecule has 0 bridgehead atoms. The second kappa shape index (κ2) is 12.7. The van der Waals surface area contributed by atoms with Gasteiger partial charge in [0.25, 0.3) is 5.91 Å². The average molecular weight is 642 g/mol. The number of nitrogens with one attached hydrogen (secondary N) is 2. The molecule has 3 aromatic carbocycles. The fraction of sp³-hybridized carbons (Fsp3) is 0.171. The topological polar surface area (TPSA) is 71.4 Å². The van der Waals surface area contributed by atoms with Crippen LogP contribution in [-0.4, -0.2) is 27.2 Å². The first-order chi connectivity index (χ1) is 22.1. The van der Waals surface area contributed by atoms with Gasteiger partial charge in [0.05, 0.1) is 29.0 Å². The lowest BCUT2D eigenvalue weighted by Gasteiger charge is -2.28.